The molecule has 0 saturated carbocycles. The molecule has 33 heavy (non-hydrogen) atoms. The Morgan fingerprint density at radius 1 is 1.00 bits per heavy atom. The molecule has 170 valence electrons. The van der Waals surface area contributed by atoms with Crippen molar-refractivity contribution in [2.24, 2.45) is 7.05 Å². The van der Waals surface area contributed by atoms with E-state index in [1.807, 2.05) is 45.0 Å². The summed E-state index contributed by atoms with van der Waals surface area (Å²) in [7, 11) is -2.34. The average molecular weight is 463 g/mol. The Bertz CT molecular complexity index is 1450. The summed E-state index contributed by atoms with van der Waals surface area (Å²) >= 11 is 0. The minimum absolute atomic E-state index is 0.158. The van der Waals surface area contributed by atoms with E-state index in [1.165, 1.54) is 4.31 Å². The number of aromatic nitrogens is 2. The summed E-state index contributed by atoms with van der Waals surface area (Å²) in [5, 5.41) is 8.43. The monoisotopic (exact) mass is 462 g/mol. The zero-order chi connectivity index (χ0) is 23.8. The van der Waals surface area contributed by atoms with Crippen LogP contribution in [0.4, 0.5) is 11.5 Å². The Morgan fingerprint density at radius 3 is 2.42 bits per heavy atom. The summed E-state index contributed by atoms with van der Waals surface area (Å²) in [5.41, 5.74) is 2.96. The molecule has 1 amide bonds. The number of rotatable bonds is 6. The first-order valence-corrected chi connectivity index (χ1v) is 12.0. The highest BCUT2D eigenvalue weighted by molar-refractivity contribution is 7.93. The molecule has 0 aliphatic rings. The van der Waals surface area contributed by atoms with E-state index in [0.717, 1.165) is 22.2 Å². The van der Waals surface area contributed by atoms with Crippen LogP contribution < -0.4 is 9.62 Å². The number of fused-ring (bicyclic) bond motifs is 1. The maximum Gasteiger partial charge on any atom is 0.265 e. The van der Waals surface area contributed by atoms with Crippen molar-refractivity contribution in [1.82, 2.24) is 9.78 Å². The van der Waals surface area contributed by atoms with Gasteiger partial charge < -0.3 is 5.32 Å². The summed E-state index contributed by atoms with van der Waals surface area (Å²) in [5.74, 6) is 0.0451. The van der Waals surface area contributed by atoms with Crippen molar-refractivity contribution < 1.29 is 13.2 Å². The van der Waals surface area contributed by atoms with Crippen molar-refractivity contribution in [1.29, 1.82) is 0 Å². The van der Waals surface area contributed by atoms with Crippen molar-refractivity contribution in [2.75, 3.05) is 16.2 Å². The minimum atomic E-state index is -4.06. The fourth-order valence-electron chi connectivity index (χ4n) is 3.89. The Balaban J connectivity index is 1.81. The van der Waals surface area contributed by atoms with Crippen molar-refractivity contribution in [3.8, 4) is 0 Å². The van der Waals surface area contributed by atoms with Gasteiger partial charge in [-0.1, -0.05) is 48.5 Å². The Hall–Kier alpha value is -3.65. The molecule has 0 fully saturated rings. The van der Waals surface area contributed by atoms with Gasteiger partial charge in [-0.2, -0.15) is 5.10 Å². The summed E-state index contributed by atoms with van der Waals surface area (Å²) in [6.45, 7) is 5.22. The summed E-state index contributed by atoms with van der Waals surface area (Å²) in [6, 6.07) is 19.7. The summed E-state index contributed by atoms with van der Waals surface area (Å²) in [4.78, 5) is 13.2. The summed E-state index contributed by atoms with van der Waals surface area (Å²) in [6.07, 6.45) is 0. The molecule has 1 aromatic heterocycles. The van der Waals surface area contributed by atoms with E-state index < -0.39 is 15.9 Å². The van der Waals surface area contributed by atoms with Crippen LogP contribution >= 0.6 is 0 Å². The van der Waals surface area contributed by atoms with Crippen LogP contribution in [-0.4, -0.2) is 30.7 Å². The van der Waals surface area contributed by atoms with Gasteiger partial charge >= 0.3 is 0 Å². The molecule has 0 atom stereocenters. The van der Waals surface area contributed by atoms with Crippen molar-refractivity contribution in [2.45, 2.75) is 25.7 Å². The Morgan fingerprint density at radius 2 is 1.70 bits per heavy atom. The van der Waals surface area contributed by atoms with E-state index in [4.69, 9.17) is 0 Å². The molecule has 0 radical (unpaired) electrons. The molecule has 8 heteroatoms. The lowest BCUT2D eigenvalue weighted by Crippen LogP contribution is -2.39. The standard InChI is InChI=1S/C25H26N4O3S/c1-17-9-7-13-22(19(17)3)29(16-25(30)26-24-15-18(2)27-28(24)4)33(31,32)23-14-8-11-20-10-5-6-12-21(20)23/h5-15H,16H2,1-4H3,(H,26,30). The van der Waals surface area contributed by atoms with Gasteiger partial charge in [0.05, 0.1) is 16.3 Å². The lowest BCUT2D eigenvalue weighted by atomic mass is 10.1. The van der Waals surface area contributed by atoms with Crippen LogP contribution in [0.15, 0.2) is 71.6 Å². The van der Waals surface area contributed by atoms with Gasteiger partial charge in [-0.3, -0.25) is 13.8 Å². The van der Waals surface area contributed by atoms with Crippen molar-refractivity contribution in [3.63, 3.8) is 0 Å². The van der Waals surface area contributed by atoms with Crippen LogP contribution in [-0.2, 0) is 21.9 Å². The van der Waals surface area contributed by atoms with E-state index in [0.29, 0.717) is 16.9 Å². The minimum Gasteiger partial charge on any atom is -0.309 e. The first-order chi connectivity index (χ1) is 15.7. The molecular weight excluding hydrogens is 436 g/mol. The first-order valence-electron chi connectivity index (χ1n) is 10.6. The Kier molecular flexibility index (Phi) is 5.95. The van der Waals surface area contributed by atoms with Gasteiger partial charge in [-0.25, -0.2) is 8.42 Å². The number of hydrogen-bond donors (Lipinski definition) is 1. The third-order valence-electron chi connectivity index (χ3n) is 5.72. The van der Waals surface area contributed by atoms with Crippen LogP contribution in [0.1, 0.15) is 16.8 Å². The second-order valence-electron chi connectivity index (χ2n) is 8.05. The predicted octanol–water partition coefficient (Wildman–Crippen LogP) is 4.33. The number of nitrogens with one attached hydrogen (secondary N) is 1. The lowest BCUT2D eigenvalue weighted by molar-refractivity contribution is -0.114. The van der Waals surface area contributed by atoms with Crippen molar-refractivity contribution >= 4 is 38.2 Å². The number of aryl methyl sites for hydroxylation is 3. The number of anilines is 2. The summed E-state index contributed by atoms with van der Waals surface area (Å²) < 4.78 is 30.7. The number of carbonyl (C=O) groups is 1. The maximum absolute atomic E-state index is 14.0. The second-order valence-corrected chi connectivity index (χ2v) is 9.88. The van der Waals surface area contributed by atoms with Crippen LogP contribution in [0.25, 0.3) is 10.8 Å². The molecule has 7 nitrogen and oxygen atoms in total. The highest BCUT2D eigenvalue weighted by Crippen LogP contribution is 2.32. The van der Waals surface area contributed by atoms with Gasteiger partial charge in [0.25, 0.3) is 10.0 Å². The van der Waals surface area contributed by atoms with Gasteiger partial charge in [-0.15, -0.1) is 0 Å². The molecule has 0 saturated heterocycles. The van der Waals surface area contributed by atoms with Crippen LogP contribution in [0, 0.1) is 20.8 Å². The smallest absolute Gasteiger partial charge is 0.265 e. The van der Waals surface area contributed by atoms with E-state index >= 15 is 0 Å². The quantitative estimate of drug-likeness (QED) is 0.462. The van der Waals surface area contributed by atoms with Crippen molar-refractivity contribution in [3.05, 3.63) is 83.6 Å². The maximum atomic E-state index is 14.0. The molecule has 1 N–H and O–H groups in total. The number of amides is 1. The third-order valence-corrected chi connectivity index (χ3v) is 7.54. The van der Waals surface area contributed by atoms with Crippen LogP contribution in [0.2, 0.25) is 0 Å². The van der Waals surface area contributed by atoms with Gasteiger partial charge in [0.2, 0.25) is 5.91 Å². The Labute approximate surface area is 193 Å². The highest BCUT2D eigenvalue weighted by Gasteiger charge is 2.30. The topological polar surface area (TPSA) is 84.3 Å². The second kappa shape index (κ2) is 8.71. The molecule has 0 spiro atoms. The molecule has 4 aromatic rings. The van der Waals surface area contributed by atoms with Gasteiger partial charge in [0.15, 0.2) is 0 Å². The fraction of sp³-hybridized carbons (Fsp3) is 0.200. The SMILES string of the molecule is Cc1cc(NC(=O)CN(c2cccc(C)c2C)S(=O)(=O)c2cccc3ccccc23)n(C)n1. The normalized spacial score (nSPS) is 11.5. The molecule has 0 unspecified atom stereocenters. The number of nitrogens with zero attached hydrogens (tertiary/aromatic N) is 3. The molecule has 4 rings (SSSR count). The molecule has 1 heterocycles. The van der Waals surface area contributed by atoms with Crippen LogP contribution in [0.5, 0.6) is 0 Å². The van der Waals surface area contributed by atoms with E-state index in [-0.39, 0.29) is 11.4 Å². The molecule has 0 bridgehead atoms. The zero-order valence-corrected chi connectivity index (χ0v) is 19.8. The van der Waals surface area contributed by atoms with E-state index in [9.17, 15) is 13.2 Å². The predicted molar refractivity (Wildman–Crippen MR) is 131 cm³/mol. The first kappa shape index (κ1) is 22.5. The number of carbonyl (C=O) groups excluding carboxylic acids is 1. The van der Waals surface area contributed by atoms with Gasteiger partial charge in [-0.05, 0) is 49.4 Å². The fourth-order valence-corrected chi connectivity index (χ4v) is 5.58. The molecule has 3 aromatic carbocycles. The average Bonchev–Trinajstić information content (AvgIpc) is 3.10. The molecule has 0 aliphatic carbocycles. The lowest BCUT2D eigenvalue weighted by Gasteiger charge is -2.27. The van der Waals surface area contributed by atoms with Gasteiger partial charge in [0.1, 0.15) is 12.4 Å². The third kappa shape index (κ3) is 4.34. The highest BCUT2D eigenvalue weighted by atomic mass is 32.2. The van der Waals surface area contributed by atoms with Gasteiger partial charge in [0, 0.05) is 18.5 Å². The molecular formula is C25H26N4O3S. The number of hydrogen-bond acceptors (Lipinski definition) is 4. The number of sulfonamides is 1. The van der Waals surface area contributed by atoms with E-state index in [2.05, 4.69) is 10.4 Å². The van der Waals surface area contributed by atoms with E-state index in [1.54, 1.807) is 54.2 Å². The largest absolute Gasteiger partial charge is 0.309 e. The van der Waals surface area contributed by atoms with Crippen LogP contribution in [0.3, 0.4) is 0 Å². The zero-order valence-electron chi connectivity index (χ0n) is 19.0. The molecule has 0 aliphatic heterocycles. The number of benzene rings is 3.